The van der Waals surface area contributed by atoms with E-state index >= 15 is 0 Å². The molecule has 1 aliphatic rings. The Morgan fingerprint density at radius 1 is 0.873 bits per heavy atom. The van der Waals surface area contributed by atoms with Crippen LogP contribution in [0.1, 0.15) is 53.2 Å². The number of hydrogen-bond donors (Lipinski definition) is 5. The van der Waals surface area contributed by atoms with Crippen LogP contribution in [0.3, 0.4) is 0 Å². The monoisotopic (exact) mass is 748 g/mol. The van der Waals surface area contributed by atoms with Crippen molar-refractivity contribution in [3.8, 4) is 5.75 Å². The number of aromatic hydroxyl groups is 1. The fourth-order valence-corrected chi connectivity index (χ4v) is 7.29. The molecule has 5 N–H and O–H groups in total. The number of aliphatic hydroxyl groups is 1. The number of aromatic amines is 1. The second-order valence-electron chi connectivity index (χ2n) is 14.1. The Hall–Kier alpha value is -5.85. The number of rotatable bonds is 15. The average molecular weight is 749 g/mol. The van der Waals surface area contributed by atoms with Gasteiger partial charge in [0, 0.05) is 49.7 Å². The van der Waals surface area contributed by atoms with E-state index in [1.54, 1.807) is 40.1 Å². The molecule has 6 rings (SSSR count). The number of amides is 2. The Morgan fingerprint density at radius 3 is 2.24 bits per heavy atom. The van der Waals surface area contributed by atoms with E-state index < -0.39 is 23.3 Å². The van der Waals surface area contributed by atoms with Crippen LogP contribution < -0.4 is 10.9 Å². The number of benzene rings is 4. The first-order chi connectivity index (χ1) is 26.5. The van der Waals surface area contributed by atoms with Crippen LogP contribution in [0, 0.1) is 5.82 Å². The highest BCUT2D eigenvalue weighted by molar-refractivity contribution is 5.87. The molecule has 0 radical (unpaired) electrons. The Morgan fingerprint density at radius 2 is 1.55 bits per heavy atom. The Balaban J connectivity index is 1.02. The number of carboxylic acid groups (broad SMARTS) is 1. The van der Waals surface area contributed by atoms with Gasteiger partial charge in [-0.05, 0) is 66.3 Å². The van der Waals surface area contributed by atoms with Crippen molar-refractivity contribution in [3.63, 3.8) is 0 Å². The van der Waals surface area contributed by atoms with Gasteiger partial charge in [0.2, 0.25) is 17.4 Å². The standard InChI is InChI=1S/C43H45FN4O7/c44-35-10-5-4-7-31(35)28-48(22-6-21-45-27-37(50)33-15-17-36(49)41-34(33)16-18-38(51)46-41)40(53)26-30-13-11-29(12-14-30)25-39(52)47-23-19-43(20-24-47,42(54)55)32-8-2-1-3-9-32/h1-5,7-18,37,45,49-50H,6,19-28H2,(H,46,51)(H,54,55)/t37-/m0/s1. The number of aliphatic hydroxyl groups excluding tert-OH is 1. The lowest BCUT2D eigenvalue weighted by Crippen LogP contribution is -2.49. The van der Waals surface area contributed by atoms with E-state index in [-0.39, 0.29) is 54.6 Å². The molecular weight excluding hydrogens is 703 g/mol. The fourth-order valence-electron chi connectivity index (χ4n) is 7.29. The van der Waals surface area contributed by atoms with Gasteiger partial charge in [-0.1, -0.05) is 78.9 Å². The number of carbonyl (C=O) groups excluding carboxylic acids is 2. The van der Waals surface area contributed by atoms with Crippen LogP contribution >= 0.6 is 0 Å². The lowest BCUT2D eigenvalue weighted by Gasteiger charge is -2.39. The van der Waals surface area contributed by atoms with Crippen LogP contribution in [0.25, 0.3) is 10.9 Å². The zero-order valence-corrected chi connectivity index (χ0v) is 30.4. The van der Waals surface area contributed by atoms with Crippen LogP contribution in [0.4, 0.5) is 4.39 Å². The highest BCUT2D eigenvalue weighted by atomic mass is 19.1. The zero-order chi connectivity index (χ0) is 39.0. The number of nitrogens with one attached hydrogen (secondary N) is 2. The van der Waals surface area contributed by atoms with Crippen molar-refractivity contribution >= 4 is 28.7 Å². The predicted octanol–water partition coefficient (Wildman–Crippen LogP) is 4.84. The summed E-state index contributed by atoms with van der Waals surface area (Å²) in [6, 6.07) is 28.7. The molecule has 2 amide bonds. The summed E-state index contributed by atoms with van der Waals surface area (Å²) in [5, 5.41) is 34.9. The summed E-state index contributed by atoms with van der Waals surface area (Å²) in [6.45, 7) is 1.74. The Bertz CT molecular complexity index is 2180. The number of phenols is 1. The second-order valence-corrected chi connectivity index (χ2v) is 14.1. The summed E-state index contributed by atoms with van der Waals surface area (Å²) in [7, 11) is 0. The number of phenolic OH excluding ortho intramolecular Hbond substituents is 1. The normalized spacial score (nSPS) is 14.4. The van der Waals surface area contributed by atoms with Gasteiger partial charge >= 0.3 is 5.97 Å². The van der Waals surface area contributed by atoms with Gasteiger partial charge in [-0.25, -0.2) is 4.39 Å². The van der Waals surface area contributed by atoms with E-state index in [1.807, 2.05) is 54.6 Å². The Kier molecular flexibility index (Phi) is 12.4. The number of nitrogens with zero attached hydrogens (tertiary/aromatic N) is 2. The van der Waals surface area contributed by atoms with Gasteiger partial charge in [0.15, 0.2) is 0 Å². The molecule has 1 aromatic heterocycles. The molecule has 12 heteroatoms. The van der Waals surface area contributed by atoms with E-state index in [9.17, 15) is 38.9 Å². The largest absolute Gasteiger partial charge is 0.506 e. The molecule has 1 aliphatic heterocycles. The second kappa shape index (κ2) is 17.5. The third kappa shape index (κ3) is 9.28. The van der Waals surface area contributed by atoms with Crippen LogP contribution in [0.2, 0.25) is 0 Å². The smallest absolute Gasteiger partial charge is 0.314 e. The maximum Gasteiger partial charge on any atom is 0.314 e. The van der Waals surface area contributed by atoms with E-state index in [0.717, 1.165) is 16.7 Å². The number of carboxylic acids is 1. The minimum atomic E-state index is -1.01. The molecule has 11 nitrogen and oxygen atoms in total. The van der Waals surface area contributed by atoms with Crippen molar-refractivity contribution in [2.45, 2.75) is 50.2 Å². The average Bonchev–Trinajstić information content (AvgIpc) is 3.19. The maximum atomic E-state index is 14.7. The summed E-state index contributed by atoms with van der Waals surface area (Å²) in [5.74, 6) is -1.64. The van der Waals surface area contributed by atoms with Crippen molar-refractivity contribution in [3.05, 3.63) is 147 Å². The van der Waals surface area contributed by atoms with Crippen molar-refractivity contribution < 1.29 is 34.1 Å². The quantitative estimate of drug-likeness (QED) is 0.0950. The summed E-state index contributed by atoms with van der Waals surface area (Å²) in [6.07, 6.45) is 0.493. The number of aliphatic carboxylic acids is 1. The molecule has 1 atom stereocenters. The highest BCUT2D eigenvalue weighted by Gasteiger charge is 2.43. The molecule has 286 valence electrons. The minimum absolute atomic E-state index is 0.0771. The molecule has 0 saturated carbocycles. The molecule has 0 unspecified atom stereocenters. The molecule has 2 heterocycles. The molecule has 55 heavy (non-hydrogen) atoms. The van der Waals surface area contributed by atoms with Gasteiger partial charge in [0.25, 0.3) is 0 Å². The number of aromatic nitrogens is 1. The molecule has 0 spiro atoms. The number of pyridine rings is 1. The summed E-state index contributed by atoms with van der Waals surface area (Å²) < 4.78 is 14.7. The number of piperidine rings is 1. The number of H-pyrrole nitrogens is 1. The summed E-state index contributed by atoms with van der Waals surface area (Å²) >= 11 is 0. The first kappa shape index (κ1) is 38.9. The third-order valence-corrected chi connectivity index (χ3v) is 10.5. The van der Waals surface area contributed by atoms with Gasteiger partial charge in [-0.3, -0.25) is 19.2 Å². The van der Waals surface area contributed by atoms with E-state index in [0.29, 0.717) is 62.0 Å². The topological polar surface area (TPSA) is 163 Å². The zero-order valence-electron chi connectivity index (χ0n) is 30.4. The van der Waals surface area contributed by atoms with E-state index in [4.69, 9.17) is 0 Å². The lowest BCUT2D eigenvalue weighted by atomic mass is 9.73. The van der Waals surface area contributed by atoms with Gasteiger partial charge in [0.1, 0.15) is 11.6 Å². The summed E-state index contributed by atoms with van der Waals surface area (Å²) in [4.78, 5) is 56.8. The van der Waals surface area contributed by atoms with Gasteiger partial charge in [0.05, 0.1) is 29.9 Å². The first-order valence-corrected chi connectivity index (χ1v) is 18.4. The van der Waals surface area contributed by atoms with Crippen molar-refractivity contribution in [1.29, 1.82) is 0 Å². The molecular formula is C43H45FN4O7. The first-order valence-electron chi connectivity index (χ1n) is 18.4. The van der Waals surface area contributed by atoms with Crippen LogP contribution in [-0.2, 0) is 39.2 Å². The highest BCUT2D eigenvalue weighted by Crippen LogP contribution is 2.36. The van der Waals surface area contributed by atoms with Crippen molar-refractivity contribution in [2.75, 3.05) is 32.7 Å². The van der Waals surface area contributed by atoms with Gasteiger partial charge in [-0.15, -0.1) is 0 Å². The fraction of sp³-hybridized carbons (Fsp3) is 0.302. The molecule has 0 aliphatic carbocycles. The molecule has 5 aromatic rings. The van der Waals surface area contributed by atoms with Crippen molar-refractivity contribution in [2.24, 2.45) is 0 Å². The van der Waals surface area contributed by atoms with Crippen LogP contribution in [-0.4, -0.2) is 80.6 Å². The minimum Gasteiger partial charge on any atom is -0.506 e. The molecule has 1 saturated heterocycles. The lowest BCUT2D eigenvalue weighted by molar-refractivity contribution is -0.148. The number of carbonyl (C=O) groups is 3. The van der Waals surface area contributed by atoms with Crippen LogP contribution in [0.15, 0.2) is 108 Å². The van der Waals surface area contributed by atoms with Crippen LogP contribution in [0.5, 0.6) is 5.75 Å². The number of likely N-dealkylation sites (tertiary alicyclic amines) is 1. The molecule has 4 aromatic carbocycles. The predicted molar refractivity (Wildman–Crippen MR) is 206 cm³/mol. The molecule has 0 bridgehead atoms. The summed E-state index contributed by atoms with van der Waals surface area (Å²) in [5.41, 5.74) is 2.09. The Labute approximate surface area is 318 Å². The SMILES string of the molecule is O=C(Cc1ccc(CC(=O)N(CCCNC[C@H](O)c2ccc(O)c3[nH]c(=O)ccc23)Cc2ccccc2F)cc1)N1CCC(C(=O)O)(c2ccccc2)CC1. The van der Waals surface area contributed by atoms with Gasteiger partial charge < -0.3 is 35.4 Å². The number of halogens is 1. The molecule has 1 fully saturated rings. The van der Waals surface area contributed by atoms with Gasteiger partial charge in [-0.2, -0.15) is 0 Å². The number of hydrogen-bond acceptors (Lipinski definition) is 7. The number of fused-ring (bicyclic) bond motifs is 1. The van der Waals surface area contributed by atoms with Crippen molar-refractivity contribution in [1.82, 2.24) is 20.1 Å². The van der Waals surface area contributed by atoms with E-state index in [2.05, 4.69) is 10.3 Å². The maximum absolute atomic E-state index is 14.7. The van der Waals surface area contributed by atoms with E-state index in [1.165, 1.54) is 18.2 Å². The third-order valence-electron chi connectivity index (χ3n) is 10.5.